The van der Waals surface area contributed by atoms with Gasteiger partial charge in [-0.25, -0.2) is 13.2 Å². The molecule has 0 saturated carbocycles. The van der Waals surface area contributed by atoms with Crippen LogP contribution in [0.5, 0.6) is 11.5 Å². The predicted molar refractivity (Wildman–Crippen MR) is 94.8 cm³/mol. The van der Waals surface area contributed by atoms with Gasteiger partial charge in [-0.15, -0.1) is 0 Å². The Labute approximate surface area is 154 Å². The van der Waals surface area contributed by atoms with Crippen LogP contribution in [-0.2, 0) is 14.8 Å². The molecule has 0 atom stereocenters. The van der Waals surface area contributed by atoms with Crippen molar-refractivity contribution < 1.29 is 32.3 Å². The van der Waals surface area contributed by atoms with E-state index in [1.54, 1.807) is 0 Å². The van der Waals surface area contributed by atoms with Gasteiger partial charge in [-0.3, -0.25) is 14.8 Å². The Balaban J connectivity index is 2.62. The molecule has 27 heavy (non-hydrogen) atoms. The number of rotatable bonds is 7. The lowest BCUT2D eigenvalue weighted by Gasteiger charge is -2.15. The fraction of sp³-hybridized carbons (Fsp3) is 0.188. The molecule has 0 heterocycles. The number of carbonyl (C=O) groups is 1. The highest BCUT2D eigenvalue weighted by Gasteiger charge is 2.28. The molecular weight excluding hydrogens is 380 g/mol. The number of anilines is 1. The Morgan fingerprint density at radius 3 is 2.22 bits per heavy atom. The van der Waals surface area contributed by atoms with E-state index in [2.05, 4.69) is 9.46 Å². The van der Waals surface area contributed by atoms with Crippen molar-refractivity contribution >= 4 is 27.4 Å². The molecule has 0 aliphatic rings. The van der Waals surface area contributed by atoms with Gasteiger partial charge in [-0.1, -0.05) is 12.1 Å². The minimum atomic E-state index is -4.39. The molecule has 10 nitrogen and oxygen atoms in total. The van der Waals surface area contributed by atoms with Gasteiger partial charge < -0.3 is 14.2 Å². The molecule has 2 aromatic carbocycles. The van der Waals surface area contributed by atoms with E-state index in [0.29, 0.717) is 0 Å². The van der Waals surface area contributed by atoms with Gasteiger partial charge in [0.1, 0.15) is 0 Å². The number of nitro groups is 1. The Morgan fingerprint density at radius 2 is 1.67 bits per heavy atom. The zero-order valence-electron chi connectivity index (χ0n) is 14.6. The van der Waals surface area contributed by atoms with Crippen LogP contribution in [0.4, 0.5) is 11.4 Å². The molecule has 0 aliphatic carbocycles. The van der Waals surface area contributed by atoms with Gasteiger partial charge in [0.15, 0.2) is 16.4 Å². The number of hydrogen-bond acceptors (Lipinski definition) is 8. The smallest absolute Gasteiger partial charge is 0.340 e. The summed E-state index contributed by atoms with van der Waals surface area (Å²) >= 11 is 0. The highest BCUT2D eigenvalue weighted by atomic mass is 32.2. The zero-order valence-corrected chi connectivity index (χ0v) is 15.4. The Kier molecular flexibility index (Phi) is 5.85. The molecule has 11 heteroatoms. The number of esters is 1. The number of nitro benzene ring substituents is 1. The van der Waals surface area contributed by atoms with Crippen LogP contribution in [0.1, 0.15) is 10.4 Å². The van der Waals surface area contributed by atoms with E-state index in [0.717, 1.165) is 19.2 Å². The summed E-state index contributed by atoms with van der Waals surface area (Å²) in [7, 11) is -0.597. The molecule has 0 saturated heterocycles. The Bertz CT molecular complexity index is 988. The average Bonchev–Trinajstić information content (AvgIpc) is 2.66. The van der Waals surface area contributed by atoms with E-state index in [-0.39, 0.29) is 22.7 Å². The maximum Gasteiger partial charge on any atom is 0.340 e. The molecule has 0 amide bonds. The van der Waals surface area contributed by atoms with Crippen LogP contribution in [0.2, 0.25) is 0 Å². The normalized spacial score (nSPS) is 10.8. The topological polar surface area (TPSA) is 134 Å². The Hall–Kier alpha value is -3.34. The van der Waals surface area contributed by atoms with Crippen LogP contribution in [-0.4, -0.2) is 40.6 Å². The molecule has 1 N–H and O–H groups in total. The molecule has 0 radical (unpaired) electrons. The molecule has 0 spiro atoms. The number of methoxy groups -OCH3 is 3. The third kappa shape index (κ3) is 4.08. The van der Waals surface area contributed by atoms with E-state index in [1.165, 1.54) is 38.5 Å². The molecule has 2 aromatic rings. The van der Waals surface area contributed by atoms with Crippen molar-refractivity contribution in [3.63, 3.8) is 0 Å². The number of carbonyl (C=O) groups excluding carboxylic acids is 1. The molecule has 144 valence electrons. The first-order chi connectivity index (χ1) is 12.7. The number of nitrogens with one attached hydrogen (secondary N) is 1. The second kappa shape index (κ2) is 7.91. The fourth-order valence-corrected chi connectivity index (χ4v) is 3.52. The fourth-order valence-electron chi connectivity index (χ4n) is 2.28. The second-order valence-corrected chi connectivity index (χ2v) is 6.73. The first-order valence-electron chi connectivity index (χ1n) is 7.35. The summed E-state index contributed by atoms with van der Waals surface area (Å²) in [6.07, 6.45) is 0. The van der Waals surface area contributed by atoms with Crippen LogP contribution in [0.15, 0.2) is 41.3 Å². The monoisotopic (exact) mass is 396 g/mol. The lowest BCUT2D eigenvalue weighted by Crippen LogP contribution is -2.17. The van der Waals surface area contributed by atoms with E-state index in [1.807, 2.05) is 0 Å². The van der Waals surface area contributed by atoms with Crippen molar-refractivity contribution in [2.24, 2.45) is 0 Å². The van der Waals surface area contributed by atoms with Gasteiger partial charge in [0, 0.05) is 18.2 Å². The summed E-state index contributed by atoms with van der Waals surface area (Å²) in [6, 6.07) is 7.29. The molecular formula is C16H16N2O8S. The van der Waals surface area contributed by atoms with Gasteiger partial charge in [0.25, 0.3) is 15.7 Å². The minimum absolute atomic E-state index is 0.144. The zero-order chi connectivity index (χ0) is 20.2. The van der Waals surface area contributed by atoms with E-state index in [9.17, 15) is 23.3 Å². The maximum atomic E-state index is 12.7. The number of benzene rings is 2. The van der Waals surface area contributed by atoms with E-state index < -0.39 is 31.5 Å². The number of sulfonamides is 1. The summed E-state index contributed by atoms with van der Waals surface area (Å²) in [5, 5.41) is 11.1. The van der Waals surface area contributed by atoms with Crippen molar-refractivity contribution in [1.29, 1.82) is 0 Å². The van der Waals surface area contributed by atoms with Crippen LogP contribution in [0.3, 0.4) is 0 Å². The van der Waals surface area contributed by atoms with Gasteiger partial charge in [0.2, 0.25) is 0 Å². The molecule has 0 bridgehead atoms. The van der Waals surface area contributed by atoms with Crippen LogP contribution >= 0.6 is 0 Å². The van der Waals surface area contributed by atoms with Crippen LogP contribution < -0.4 is 14.2 Å². The quantitative estimate of drug-likeness (QED) is 0.428. The summed E-state index contributed by atoms with van der Waals surface area (Å²) in [6.45, 7) is 0. The summed E-state index contributed by atoms with van der Waals surface area (Å²) < 4.78 is 42.4. The minimum Gasteiger partial charge on any atom is -0.493 e. The van der Waals surface area contributed by atoms with Gasteiger partial charge in [-0.05, 0) is 6.07 Å². The average molecular weight is 396 g/mol. The number of ether oxygens (including phenoxy) is 3. The van der Waals surface area contributed by atoms with E-state index in [4.69, 9.17) is 9.47 Å². The molecule has 0 aromatic heterocycles. The van der Waals surface area contributed by atoms with Crippen molar-refractivity contribution in [3.05, 3.63) is 52.1 Å². The summed E-state index contributed by atoms with van der Waals surface area (Å²) in [4.78, 5) is 21.8. The molecule has 0 fully saturated rings. The first-order valence-corrected chi connectivity index (χ1v) is 8.84. The van der Waals surface area contributed by atoms with Crippen molar-refractivity contribution in [2.45, 2.75) is 4.90 Å². The summed E-state index contributed by atoms with van der Waals surface area (Å²) in [5.41, 5.74) is -0.944. The number of para-hydroxylation sites is 1. The lowest BCUT2D eigenvalue weighted by atomic mass is 10.1. The highest BCUT2D eigenvalue weighted by Crippen LogP contribution is 2.35. The van der Waals surface area contributed by atoms with E-state index >= 15 is 0 Å². The molecule has 0 aliphatic heterocycles. The Morgan fingerprint density at radius 1 is 1.07 bits per heavy atom. The van der Waals surface area contributed by atoms with Crippen molar-refractivity contribution in [3.8, 4) is 11.5 Å². The third-order valence-electron chi connectivity index (χ3n) is 3.52. The van der Waals surface area contributed by atoms with Crippen LogP contribution in [0.25, 0.3) is 0 Å². The first kappa shape index (κ1) is 20.0. The largest absolute Gasteiger partial charge is 0.493 e. The third-order valence-corrected chi connectivity index (χ3v) is 4.94. The van der Waals surface area contributed by atoms with Crippen LogP contribution in [0, 0.1) is 10.1 Å². The highest BCUT2D eigenvalue weighted by molar-refractivity contribution is 7.92. The number of nitrogens with zero attached hydrogens (tertiary/aromatic N) is 1. The predicted octanol–water partition coefficient (Wildman–Crippen LogP) is 2.20. The molecule has 0 unspecified atom stereocenters. The van der Waals surface area contributed by atoms with Crippen molar-refractivity contribution in [1.82, 2.24) is 0 Å². The summed E-state index contributed by atoms with van der Waals surface area (Å²) in [5.74, 6) is -0.520. The van der Waals surface area contributed by atoms with Crippen molar-refractivity contribution in [2.75, 3.05) is 26.1 Å². The molecule has 2 rings (SSSR count). The standard InChI is InChI=1S/C16H16N2O8S/c1-24-13-8-10(16(19)26-3)11(9-14(13)25-2)17-27(22,23)15-7-5-4-6-12(15)18(20)21/h4-9,17H,1-3H3. The lowest BCUT2D eigenvalue weighted by molar-refractivity contribution is -0.387. The van der Waals surface area contributed by atoms with Gasteiger partial charge in [-0.2, -0.15) is 0 Å². The number of hydrogen-bond donors (Lipinski definition) is 1. The van der Waals surface area contributed by atoms with Gasteiger partial charge in [0.05, 0.1) is 37.5 Å². The van der Waals surface area contributed by atoms with Gasteiger partial charge >= 0.3 is 5.97 Å². The maximum absolute atomic E-state index is 12.7. The SMILES string of the molecule is COC(=O)c1cc(OC)c(OC)cc1NS(=O)(=O)c1ccccc1[N+](=O)[O-]. The second-order valence-electron chi connectivity index (χ2n) is 5.07.